The van der Waals surface area contributed by atoms with Gasteiger partial charge in [-0.1, -0.05) is 62.4 Å². The summed E-state index contributed by atoms with van der Waals surface area (Å²) in [5.41, 5.74) is -0.307. The van der Waals surface area contributed by atoms with Crippen LogP contribution in [0.15, 0.2) is 60.7 Å². The number of para-hydroxylation sites is 1. The summed E-state index contributed by atoms with van der Waals surface area (Å²) in [5, 5.41) is 9.92. The normalized spacial score (nSPS) is 14.8. The lowest BCUT2D eigenvalue weighted by Gasteiger charge is -2.35. The van der Waals surface area contributed by atoms with Crippen LogP contribution in [0.4, 0.5) is 0 Å². The molecular weight excluding hydrogens is 276 g/mol. The highest BCUT2D eigenvalue weighted by atomic mass is 16.5. The molecule has 0 aliphatic carbocycles. The van der Waals surface area contributed by atoms with E-state index < -0.39 is 11.6 Å². The lowest BCUT2D eigenvalue weighted by atomic mass is 9.81. The van der Waals surface area contributed by atoms with E-state index in [1.54, 1.807) is 12.1 Å². The van der Waals surface area contributed by atoms with E-state index in [0.717, 1.165) is 12.0 Å². The van der Waals surface area contributed by atoms with Crippen LogP contribution in [-0.4, -0.2) is 16.7 Å². The molecule has 0 radical (unpaired) electrons. The fourth-order valence-corrected chi connectivity index (χ4v) is 2.57. The number of aliphatic carboxylic acids is 1. The summed E-state index contributed by atoms with van der Waals surface area (Å²) in [6, 6.07) is 18.8. The second-order valence-electron chi connectivity index (χ2n) is 5.58. The van der Waals surface area contributed by atoms with Crippen LogP contribution in [0.2, 0.25) is 0 Å². The first kappa shape index (κ1) is 16.1. The molecule has 2 rings (SSSR count). The minimum absolute atomic E-state index is 0.120. The molecule has 1 N–H and O–H groups in total. The van der Waals surface area contributed by atoms with Crippen LogP contribution in [0.3, 0.4) is 0 Å². The van der Waals surface area contributed by atoms with Crippen molar-refractivity contribution in [3.8, 4) is 5.75 Å². The fourth-order valence-electron chi connectivity index (χ4n) is 2.57. The van der Waals surface area contributed by atoms with E-state index in [1.807, 2.05) is 62.4 Å². The molecule has 2 aromatic rings. The van der Waals surface area contributed by atoms with Gasteiger partial charge >= 0.3 is 5.97 Å². The van der Waals surface area contributed by atoms with Crippen molar-refractivity contribution in [2.24, 2.45) is 5.92 Å². The fraction of sp³-hybridized carbons (Fsp3) is 0.316. The summed E-state index contributed by atoms with van der Waals surface area (Å²) < 4.78 is 6.02. The van der Waals surface area contributed by atoms with Gasteiger partial charge in [-0.3, -0.25) is 0 Å². The Kier molecular flexibility index (Phi) is 5.21. The molecule has 116 valence electrons. The molecule has 0 amide bonds. The Balaban J connectivity index is 2.39. The van der Waals surface area contributed by atoms with Crippen molar-refractivity contribution in [1.82, 2.24) is 0 Å². The smallest absolute Gasteiger partial charge is 0.348 e. The first-order chi connectivity index (χ1) is 10.6. The lowest BCUT2D eigenvalue weighted by molar-refractivity contribution is -0.160. The maximum absolute atomic E-state index is 12.1. The largest absolute Gasteiger partial charge is 0.478 e. The Morgan fingerprint density at radius 2 is 1.64 bits per heavy atom. The third-order valence-corrected chi connectivity index (χ3v) is 4.12. The molecule has 2 aromatic carbocycles. The van der Waals surface area contributed by atoms with Gasteiger partial charge in [-0.25, -0.2) is 4.79 Å². The molecular formula is C19H22O3. The van der Waals surface area contributed by atoms with Gasteiger partial charge in [0, 0.05) is 12.3 Å². The van der Waals surface area contributed by atoms with Crippen molar-refractivity contribution >= 4 is 5.97 Å². The zero-order chi connectivity index (χ0) is 16.0. The first-order valence-electron chi connectivity index (χ1n) is 7.60. The summed E-state index contributed by atoms with van der Waals surface area (Å²) in [4.78, 5) is 12.1. The summed E-state index contributed by atoms with van der Waals surface area (Å²) >= 11 is 0. The van der Waals surface area contributed by atoms with Crippen LogP contribution in [0, 0.1) is 5.92 Å². The van der Waals surface area contributed by atoms with E-state index in [1.165, 1.54) is 0 Å². The van der Waals surface area contributed by atoms with E-state index >= 15 is 0 Å². The highest BCUT2D eigenvalue weighted by Crippen LogP contribution is 2.31. The van der Waals surface area contributed by atoms with Crippen molar-refractivity contribution in [1.29, 1.82) is 0 Å². The van der Waals surface area contributed by atoms with E-state index in [4.69, 9.17) is 4.74 Å². The summed E-state index contributed by atoms with van der Waals surface area (Å²) in [5.74, 6) is -0.457. The number of carbonyl (C=O) groups is 1. The summed E-state index contributed by atoms with van der Waals surface area (Å²) in [6.07, 6.45) is 1.07. The van der Waals surface area contributed by atoms with Gasteiger partial charge in [-0.15, -0.1) is 0 Å². The summed E-state index contributed by atoms with van der Waals surface area (Å²) in [6.45, 7) is 3.92. The van der Waals surface area contributed by atoms with E-state index in [-0.39, 0.29) is 5.92 Å². The Hall–Kier alpha value is -2.29. The van der Waals surface area contributed by atoms with Gasteiger partial charge in [0.05, 0.1) is 0 Å². The van der Waals surface area contributed by atoms with Gasteiger partial charge < -0.3 is 9.84 Å². The number of hydrogen-bond donors (Lipinski definition) is 1. The molecule has 0 saturated heterocycles. The molecule has 3 nitrogen and oxygen atoms in total. The average molecular weight is 298 g/mol. The van der Waals surface area contributed by atoms with E-state index in [2.05, 4.69) is 0 Å². The lowest BCUT2D eigenvalue weighted by Crippen LogP contribution is -2.52. The molecule has 0 fully saturated rings. The van der Waals surface area contributed by atoms with E-state index in [9.17, 15) is 9.90 Å². The second kappa shape index (κ2) is 7.12. The predicted octanol–water partition coefficient (Wildman–Crippen LogP) is 4.18. The van der Waals surface area contributed by atoms with Gasteiger partial charge in [0.2, 0.25) is 5.60 Å². The van der Waals surface area contributed by atoms with Gasteiger partial charge in [-0.2, -0.15) is 0 Å². The SMILES string of the molecule is CCC(C)C(Cc1ccccc1)(Oc1ccccc1)C(=O)O. The third kappa shape index (κ3) is 3.48. The van der Waals surface area contributed by atoms with Gasteiger partial charge in [-0.05, 0) is 24.1 Å². The van der Waals surface area contributed by atoms with Gasteiger partial charge in [0.15, 0.2) is 0 Å². The van der Waals surface area contributed by atoms with Crippen LogP contribution in [-0.2, 0) is 11.2 Å². The molecule has 0 aliphatic rings. The van der Waals surface area contributed by atoms with Crippen molar-refractivity contribution in [2.75, 3.05) is 0 Å². The highest BCUT2D eigenvalue weighted by Gasteiger charge is 2.45. The van der Waals surface area contributed by atoms with Crippen molar-refractivity contribution in [2.45, 2.75) is 32.3 Å². The minimum Gasteiger partial charge on any atom is -0.478 e. The molecule has 22 heavy (non-hydrogen) atoms. The molecule has 0 saturated carbocycles. The Morgan fingerprint density at radius 1 is 1.09 bits per heavy atom. The molecule has 0 aliphatic heterocycles. The maximum atomic E-state index is 12.1. The molecule has 3 heteroatoms. The van der Waals surface area contributed by atoms with Crippen LogP contribution >= 0.6 is 0 Å². The number of benzene rings is 2. The van der Waals surface area contributed by atoms with Gasteiger partial charge in [0.25, 0.3) is 0 Å². The van der Waals surface area contributed by atoms with E-state index in [0.29, 0.717) is 12.2 Å². The Bertz CT molecular complexity index is 551. The quantitative estimate of drug-likeness (QED) is 0.834. The number of rotatable bonds is 7. The zero-order valence-electron chi connectivity index (χ0n) is 13.0. The highest BCUT2D eigenvalue weighted by molar-refractivity contribution is 5.79. The monoisotopic (exact) mass is 298 g/mol. The standard InChI is InChI=1S/C19H22O3/c1-3-15(2)19(18(20)21,14-16-10-6-4-7-11-16)22-17-12-8-5-9-13-17/h4-13,15H,3,14H2,1-2H3,(H,20,21). The van der Waals surface area contributed by atoms with Crippen molar-refractivity contribution < 1.29 is 14.6 Å². The number of carboxylic acids is 1. The Labute approximate surface area is 131 Å². The topological polar surface area (TPSA) is 46.5 Å². The summed E-state index contributed by atoms with van der Waals surface area (Å²) in [7, 11) is 0. The zero-order valence-corrected chi connectivity index (χ0v) is 13.0. The molecule has 0 bridgehead atoms. The predicted molar refractivity (Wildman–Crippen MR) is 87.0 cm³/mol. The third-order valence-electron chi connectivity index (χ3n) is 4.12. The maximum Gasteiger partial charge on any atom is 0.348 e. The van der Waals surface area contributed by atoms with Crippen molar-refractivity contribution in [3.05, 3.63) is 66.2 Å². The molecule has 2 unspecified atom stereocenters. The average Bonchev–Trinajstić information content (AvgIpc) is 2.55. The second-order valence-corrected chi connectivity index (χ2v) is 5.58. The molecule has 0 aromatic heterocycles. The van der Waals surface area contributed by atoms with Crippen LogP contribution < -0.4 is 4.74 Å². The number of hydrogen-bond acceptors (Lipinski definition) is 2. The van der Waals surface area contributed by atoms with Crippen molar-refractivity contribution in [3.63, 3.8) is 0 Å². The molecule has 0 heterocycles. The molecule has 0 spiro atoms. The van der Waals surface area contributed by atoms with Gasteiger partial charge in [0.1, 0.15) is 5.75 Å². The number of ether oxygens (including phenoxy) is 1. The van der Waals surface area contributed by atoms with Crippen LogP contribution in [0.25, 0.3) is 0 Å². The molecule has 2 atom stereocenters. The van der Waals surface area contributed by atoms with Crippen LogP contribution in [0.1, 0.15) is 25.8 Å². The first-order valence-corrected chi connectivity index (χ1v) is 7.60. The minimum atomic E-state index is -1.27. The Morgan fingerprint density at radius 3 is 2.14 bits per heavy atom. The van der Waals surface area contributed by atoms with Crippen LogP contribution in [0.5, 0.6) is 5.75 Å². The number of carboxylic acid groups (broad SMARTS) is 1.